The highest BCUT2D eigenvalue weighted by Gasteiger charge is 2.31. The zero-order valence-electron chi connectivity index (χ0n) is 10.7. The molecule has 0 aliphatic heterocycles. The van der Waals surface area contributed by atoms with Crippen LogP contribution in [-0.4, -0.2) is 16.3 Å². The Kier molecular flexibility index (Phi) is 4.04. The van der Waals surface area contributed by atoms with Crippen LogP contribution in [0, 0.1) is 0 Å². The molecule has 0 atom stereocenters. The van der Waals surface area contributed by atoms with Gasteiger partial charge in [0.2, 0.25) is 0 Å². The van der Waals surface area contributed by atoms with Crippen molar-refractivity contribution >= 4 is 11.8 Å². The molecule has 0 N–H and O–H groups in total. The summed E-state index contributed by atoms with van der Waals surface area (Å²) in [5.74, 6) is 1.99. The molecule has 1 aromatic carbocycles. The molecule has 1 saturated carbocycles. The summed E-state index contributed by atoms with van der Waals surface area (Å²) in [5.41, 5.74) is 1.41. The van der Waals surface area contributed by atoms with Crippen molar-refractivity contribution < 1.29 is 4.74 Å². The number of pyridine rings is 1. The monoisotopic (exact) mass is 271 g/mol. The summed E-state index contributed by atoms with van der Waals surface area (Å²) in [7, 11) is 0. The topological polar surface area (TPSA) is 22.1 Å². The summed E-state index contributed by atoms with van der Waals surface area (Å²) in [4.78, 5) is 4.06. The van der Waals surface area contributed by atoms with Gasteiger partial charge in [-0.1, -0.05) is 30.3 Å². The van der Waals surface area contributed by atoms with Crippen LogP contribution >= 0.6 is 11.8 Å². The van der Waals surface area contributed by atoms with Gasteiger partial charge in [-0.05, 0) is 30.5 Å². The fraction of sp³-hybridized carbons (Fsp3) is 0.312. The zero-order chi connectivity index (χ0) is 12.9. The molecular formula is C16H17NOS. The third-order valence-electron chi connectivity index (χ3n) is 3.32. The lowest BCUT2D eigenvalue weighted by atomic mass is 9.95. The summed E-state index contributed by atoms with van der Waals surface area (Å²) >= 11 is 2.03. The van der Waals surface area contributed by atoms with Gasteiger partial charge in [0.15, 0.2) is 0 Å². The first-order chi connectivity index (χ1) is 9.40. The fourth-order valence-corrected chi connectivity index (χ4v) is 3.47. The average Bonchev–Trinajstić information content (AvgIpc) is 2.43. The maximum atomic E-state index is 5.86. The van der Waals surface area contributed by atoms with Crippen molar-refractivity contribution in [2.45, 2.75) is 29.9 Å². The number of hydrogen-bond donors (Lipinski definition) is 0. The van der Waals surface area contributed by atoms with Crippen molar-refractivity contribution in [3.63, 3.8) is 0 Å². The van der Waals surface area contributed by atoms with Crippen LogP contribution in [0.5, 0.6) is 5.75 Å². The average molecular weight is 271 g/mol. The van der Waals surface area contributed by atoms with E-state index in [0.717, 1.165) is 29.6 Å². The lowest BCUT2D eigenvalue weighted by molar-refractivity contribution is 0.126. The largest absolute Gasteiger partial charge is 0.489 e. The minimum Gasteiger partial charge on any atom is -0.489 e. The first-order valence-electron chi connectivity index (χ1n) is 6.62. The SMILES string of the molecule is c1ccc(CSC2CC(Oc3cccnc3)C2)cc1. The predicted octanol–water partition coefficient (Wildman–Crippen LogP) is 3.92. The van der Waals surface area contributed by atoms with E-state index in [9.17, 15) is 0 Å². The van der Waals surface area contributed by atoms with Crippen molar-refractivity contribution in [1.29, 1.82) is 0 Å². The Morgan fingerprint density at radius 3 is 2.68 bits per heavy atom. The number of rotatable bonds is 5. The molecule has 1 aromatic heterocycles. The molecule has 0 bridgehead atoms. The van der Waals surface area contributed by atoms with Gasteiger partial charge in [0, 0.05) is 17.2 Å². The first-order valence-corrected chi connectivity index (χ1v) is 7.67. The highest BCUT2D eigenvalue weighted by molar-refractivity contribution is 7.99. The standard InChI is InChI=1S/C16H17NOS/c1-2-5-13(6-3-1)12-19-16-9-15(10-16)18-14-7-4-8-17-11-14/h1-8,11,15-16H,9-10,12H2. The Morgan fingerprint density at radius 1 is 1.11 bits per heavy atom. The van der Waals surface area contributed by atoms with Gasteiger partial charge in [-0.25, -0.2) is 0 Å². The van der Waals surface area contributed by atoms with E-state index in [4.69, 9.17) is 4.74 Å². The highest BCUT2D eigenvalue weighted by Crippen LogP contribution is 2.36. The Balaban J connectivity index is 1.39. The molecule has 1 fully saturated rings. The summed E-state index contributed by atoms with van der Waals surface area (Å²) in [6, 6.07) is 14.5. The molecule has 2 nitrogen and oxygen atoms in total. The molecule has 0 amide bonds. The van der Waals surface area contributed by atoms with Crippen molar-refractivity contribution in [3.8, 4) is 5.75 Å². The van der Waals surface area contributed by atoms with Gasteiger partial charge in [0.25, 0.3) is 0 Å². The van der Waals surface area contributed by atoms with Crippen molar-refractivity contribution in [3.05, 3.63) is 60.4 Å². The smallest absolute Gasteiger partial charge is 0.137 e. The number of nitrogens with zero attached hydrogens (tertiary/aromatic N) is 1. The first kappa shape index (κ1) is 12.5. The van der Waals surface area contributed by atoms with Crippen molar-refractivity contribution in [2.24, 2.45) is 0 Å². The zero-order valence-corrected chi connectivity index (χ0v) is 11.6. The molecule has 1 aliphatic rings. The van der Waals surface area contributed by atoms with E-state index in [0.29, 0.717) is 6.10 Å². The van der Waals surface area contributed by atoms with Crippen LogP contribution < -0.4 is 4.74 Å². The maximum absolute atomic E-state index is 5.86. The lowest BCUT2D eigenvalue weighted by Crippen LogP contribution is -2.35. The van der Waals surface area contributed by atoms with Crippen LogP contribution in [0.3, 0.4) is 0 Å². The molecule has 3 heteroatoms. The van der Waals surface area contributed by atoms with Crippen LogP contribution in [0.25, 0.3) is 0 Å². The molecule has 0 spiro atoms. The van der Waals surface area contributed by atoms with E-state index in [1.807, 2.05) is 23.9 Å². The molecule has 0 radical (unpaired) electrons. The fourth-order valence-electron chi connectivity index (χ4n) is 2.15. The number of thioether (sulfide) groups is 1. The minimum atomic E-state index is 0.373. The molecule has 19 heavy (non-hydrogen) atoms. The van der Waals surface area contributed by atoms with Gasteiger partial charge in [0.05, 0.1) is 6.20 Å². The summed E-state index contributed by atoms with van der Waals surface area (Å²) in [6.45, 7) is 0. The summed E-state index contributed by atoms with van der Waals surface area (Å²) in [6.07, 6.45) is 6.22. The molecular weight excluding hydrogens is 254 g/mol. The Labute approximate surface area is 118 Å². The molecule has 3 rings (SSSR count). The second-order valence-corrected chi connectivity index (χ2v) is 6.11. The molecule has 2 aromatic rings. The number of aromatic nitrogens is 1. The summed E-state index contributed by atoms with van der Waals surface area (Å²) < 4.78 is 5.86. The lowest BCUT2D eigenvalue weighted by Gasteiger charge is -2.34. The molecule has 98 valence electrons. The van der Waals surface area contributed by atoms with E-state index in [2.05, 4.69) is 35.3 Å². The molecule has 0 saturated heterocycles. The number of benzene rings is 1. The second-order valence-electron chi connectivity index (χ2n) is 4.82. The molecule has 0 unspecified atom stereocenters. The quantitative estimate of drug-likeness (QED) is 0.822. The Morgan fingerprint density at radius 2 is 1.95 bits per heavy atom. The van der Waals surface area contributed by atoms with E-state index in [-0.39, 0.29) is 0 Å². The van der Waals surface area contributed by atoms with E-state index in [1.165, 1.54) is 5.56 Å². The third-order valence-corrected chi connectivity index (χ3v) is 4.67. The third kappa shape index (κ3) is 3.51. The van der Waals surface area contributed by atoms with Crippen LogP contribution in [0.15, 0.2) is 54.9 Å². The molecule has 1 aliphatic carbocycles. The second kappa shape index (κ2) is 6.11. The minimum absolute atomic E-state index is 0.373. The maximum Gasteiger partial charge on any atom is 0.137 e. The van der Waals surface area contributed by atoms with Crippen LogP contribution in [0.1, 0.15) is 18.4 Å². The normalized spacial score (nSPS) is 21.7. The van der Waals surface area contributed by atoms with E-state index in [1.54, 1.807) is 12.4 Å². The van der Waals surface area contributed by atoms with Gasteiger partial charge in [-0.15, -0.1) is 0 Å². The summed E-state index contributed by atoms with van der Waals surface area (Å²) in [5, 5.41) is 0.738. The van der Waals surface area contributed by atoms with Gasteiger partial charge in [-0.2, -0.15) is 11.8 Å². The van der Waals surface area contributed by atoms with Gasteiger partial charge in [0.1, 0.15) is 11.9 Å². The van der Waals surface area contributed by atoms with Gasteiger partial charge in [-0.3, -0.25) is 4.98 Å². The number of hydrogen-bond acceptors (Lipinski definition) is 3. The van der Waals surface area contributed by atoms with Gasteiger partial charge < -0.3 is 4.74 Å². The van der Waals surface area contributed by atoms with Crippen LogP contribution in [-0.2, 0) is 5.75 Å². The molecule has 1 heterocycles. The Hall–Kier alpha value is -1.48. The van der Waals surface area contributed by atoms with E-state index >= 15 is 0 Å². The van der Waals surface area contributed by atoms with E-state index < -0.39 is 0 Å². The number of ether oxygens (including phenoxy) is 1. The van der Waals surface area contributed by atoms with Gasteiger partial charge >= 0.3 is 0 Å². The predicted molar refractivity (Wildman–Crippen MR) is 79.4 cm³/mol. The van der Waals surface area contributed by atoms with Crippen molar-refractivity contribution in [2.75, 3.05) is 0 Å². The van der Waals surface area contributed by atoms with Crippen molar-refractivity contribution in [1.82, 2.24) is 4.98 Å². The highest BCUT2D eigenvalue weighted by atomic mass is 32.2. The van der Waals surface area contributed by atoms with Crippen LogP contribution in [0.4, 0.5) is 0 Å². The van der Waals surface area contributed by atoms with Crippen LogP contribution in [0.2, 0.25) is 0 Å². The Bertz CT molecular complexity index is 497.